The van der Waals surface area contributed by atoms with Crippen LogP contribution in [0.1, 0.15) is 21.5 Å². The van der Waals surface area contributed by atoms with Crippen molar-refractivity contribution < 1.29 is 14.3 Å². The molecule has 0 atom stereocenters. The molecule has 0 spiro atoms. The highest BCUT2D eigenvalue weighted by molar-refractivity contribution is 9.10. The fourth-order valence-electron chi connectivity index (χ4n) is 2.83. The van der Waals surface area contributed by atoms with Crippen LogP contribution in [0.3, 0.4) is 0 Å². The lowest BCUT2D eigenvalue weighted by Gasteiger charge is -2.23. The van der Waals surface area contributed by atoms with Gasteiger partial charge in [-0.3, -0.25) is 9.78 Å². The third kappa shape index (κ3) is 6.54. The number of hydrogen-bond acceptors (Lipinski definition) is 4. The Labute approximate surface area is 178 Å². The average Bonchev–Trinajstić information content (AvgIpc) is 2.76. The molecule has 0 unspecified atom stereocenters. The number of ether oxygens (including phenoxy) is 1. The van der Waals surface area contributed by atoms with Crippen LogP contribution in [0.4, 0.5) is 0 Å². The molecule has 0 aliphatic carbocycles. The molecule has 0 radical (unpaired) electrons. The highest BCUT2D eigenvalue weighted by Gasteiger charge is 2.17. The summed E-state index contributed by atoms with van der Waals surface area (Å²) in [5, 5.41) is 0. The molecule has 1 heterocycles. The van der Waals surface area contributed by atoms with Crippen molar-refractivity contribution in [2.45, 2.75) is 13.0 Å². The molecule has 3 aromatic rings. The fraction of sp³-hybridized carbons (Fsp3) is 0.174. The van der Waals surface area contributed by atoms with Crippen molar-refractivity contribution in [1.29, 1.82) is 0 Å². The number of carbonyl (C=O) groups is 2. The Morgan fingerprint density at radius 3 is 2.24 bits per heavy atom. The van der Waals surface area contributed by atoms with Crippen LogP contribution in [-0.2, 0) is 22.5 Å². The van der Waals surface area contributed by atoms with Gasteiger partial charge < -0.3 is 9.64 Å². The summed E-state index contributed by atoms with van der Waals surface area (Å²) >= 11 is 3.27. The SMILES string of the molecule is O=C(OCC(=O)N(CCc1ccccc1)Cc1ccccc1)c1cncc(Br)c1. The molecule has 0 saturated heterocycles. The van der Waals surface area contributed by atoms with Crippen molar-refractivity contribution in [3.05, 3.63) is 100 Å². The fourth-order valence-corrected chi connectivity index (χ4v) is 3.19. The minimum absolute atomic E-state index is 0.235. The van der Waals surface area contributed by atoms with Gasteiger partial charge >= 0.3 is 5.97 Å². The van der Waals surface area contributed by atoms with E-state index < -0.39 is 5.97 Å². The van der Waals surface area contributed by atoms with Gasteiger partial charge in [0, 0.05) is 30.0 Å². The lowest BCUT2D eigenvalue weighted by Crippen LogP contribution is -2.35. The van der Waals surface area contributed by atoms with E-state index in [2.05, 4.69) is 20.9 Å². The van der Waals surface area contributed by atoms with E-state index in [4.69, 9.17) is 4.74 Å². The number of pyridine rings is 1. The van der Waals surface area contributed by atoms with Gasteiger partial charge in [0.05, 0.1) is 5.56 Å². The first-order chi connectivity index (χ1) is 14.1. The van der Waals surface area contributed by atoms with Crippen LogP contribution < -0.4 is 0 Å². The van der Waals surface area contributed by atoms with E-state index in [0.717, 1.165) is 17.5 Å². The van der Waals surface area contributed by atoms with Crippen LogP contribution in [0.5, 0.6) is 0 Å². The van der Waals surface area contributed by atoms with Crippen LogP contribution in [0.2, 0.25) is 0 Å². The van der Waals surface area contributed by atoms with Crippen molar-refractivity contribution >= 4 is 27.8 Å². The lowest BCUT2D eigenvalue weighted by molar-refractivity contribution is -0.135. The topological polar surface area (TPSA) is 59.5 Å². The van der Waals surface area contributed by atoms with Crippen molar-refractivity contribution in [3.63, 3.8) is 0 Å². The maximum atomic E-state index is 12.8. The van der Waals surface area contributed by atoms with E-state index >= 15 is 0 Å². The van der Waals surface area contributed by atoms with E-state index in [1.54, 1.807) is 17.2 Å². The minimum Gasteiger partial charge on any atom is -0.452 e. The first-order valence-corrected chi connectivity index (χ1v) is 10.0. The minimum atomic E-state index is -0.574. The van der Waals surface area contributed by atoms with Gasteiger partial charge in [0.1, 0.15) is 0 Å². The molecule has 5 nitrogen and oxygen atoms in total. The van der Waals surface area contributed by atoms with Crippen LogP contribution in [0.15, 0.2) is 83.6 Å². The Balaban J connectivity index is 1.63. The molecule has 0 aliphatic heterocycles. The zero-order valence-electron chi connectivity index (χ0n) is 15.8. The number of halogens is 1. The molecule has 148 valence electrons. The second-order valence-corrected chi connectivity index (χ2v) is 7.42. The van der Waals surface area contributed by atoms with Gasteiger partial charge in [0.25, 0.3) is 5.91 Å². The van der Waals surface area contributed by atoms with Gasteiger partial charge in [-0.2, -0.15) is 0 Å². The van der Waals surface area contributed by atoms with Crippen LogP contribution >= 0.6 is 15.9 Å². The average molecular weight is 453 g/mol. The number of carbonyl (C=O) groups excluding carboxylic acids is 2. The molecule has 6 heteroatoms. The lowest BCUT2D eigenvalue weighted by atomic mass is 10.1. The van der Waals surface area contributed by atoms with Gasteiger partial charge in [-0.15, -0.1) is 0 Å². The number of rotatable bonds is 8. The quantitative estimate of drug-likeness (QED) is 0.478. The molecule has 0 saturated carbocycles. The molecule has 0 fully saturated rings. The first kappa shape index (κ1) is 20.7. The molecule has 29 heavy (non-hydrogen) atoms. The Morgan fingerprint density at radius 1 is 0.931 bits per heavy atom. The second kappa shape index (κ2) is 10.5. The van der Waals surface area contributed by atoms with Gasteiger partial charge in [-0.25, -0.2) is 4.79 Å². The molecule has 0 aliphatic rings. The van der Waals surface area contributed by atoms with Crippen LogP contribution in [0.25, 0.3) is 0 Å². The van der Waals surface area contributed by atoms with Crippen molar-refractivity contribution in [2.24, 2.45) is 0 Å². The van der Waals surface area contributed by atoms with E-state index in [1.807, 2.05) is 60.7 Å². The Hall–Kier alpha value is -2.99. The third-order valence-corrected chi connectivity index (χ3v) is 4.78. The first-order valence-electron chi connectivity index (χ1n) is 9.25. The summed E-state index contributed by atoms with van der Waals surface area (Å²) in [5.41, 5.74) is 2.47. The normalized spacial score (nSPS) is 10.4. The number of amides is 1. The summed E-state index contributed by atoms with van der Waals surface area (Å²) in [6.07, 6.45) is 3.71. The van der Waals surface area contributed by atoms with Gasteiger partial charge in [0.2, 0.25) is 0 Å². The Bertz CT molecular complexity index is 949. The smallest absolute Gasteiger partial charge is 0.340 e. The maximum Gasteiger partial charge on any atom is 0.340 e. The van der Waals surface area contributed by atoms with Gasteiger partial charge in [-0.1, -0.05) is 60.7 Å². The Kier molecular flexibility index (Phi) is 7.53. The molecule has 0 bridgehead atoms. The highest BCUT2D eigenvalue weighted by atomic mass is 79.9. The highest BCUT2D eigenvalue weighted by Crippen LogP contribution is 2.11. The van der Waals surface area contributed by atoms with Crippen molar-refractivity contribution in [2.75, 3.05) is 13.2 Å². The monoisotopic (exact) mass is 452 g/mol. The number of nitrogens with zero attached hydrogens (tertiary/aromatic N) is 2. The summed E-state index contributed by atoms with van der Waals surface area (Å²) in [4.78, 5) is 30.7. The van der Waals surface area contributed by atoms with Crippen molar-refractivity contribution in [1.82, 2.24) is 9.88 Å². The summed E-state index contributed by atoms with van der Waals surface area (Å²) in [6, 6.07) is 21.4. The standard InChI is InChI=1S/C23H21BrN2O3/c24-21-13-20(14-25-15-21)23(28)29-17-22(27)26(16-19-9-5-2-6-10-19)12-11-18-7-3-1-4-8-18/h1-10,13-15H,11-12,16-17H2. The zero-order valence-corrected chi connectivity index (χ0v) is 17.4. The van der Waals surface area contributed by atoms with E-state index in [0.29, 0.717) is 23.1 Å². The van der Waals surface area contributed by atoms with Crippen LogP contribution in [-0.4, -0.2) is 34.9 Å². The Morgan fingerprint density at radius 2 is 1.59 bits per heavy atom. The maximum absolute atomic E-state index is 12.8. The predicted molar refractivity (Wildman–Crippen MR) is 114 cm³/mol. The molecular formula is C23H21BrN2O3. The zero-order chi connectivity index (χ0) is 20.5. The van der Waals surface area contributed by atoms with Gasteiger partial charge in [0.15, 0.2) is 6.61 Å². The largest absolute Gasteiger partial charge is 0.452 e. The molecule has 1 aromatic heterocycles. The summed E-state index contributed by atoms with van der Waals surface area (Å²) in [5.74, 6) is -0.809. The number of hydrogen-bond donors (Lipinski definition) is 0. The van der Waals surface area contributed by atoms with Crippen molar-refractivity contribution in [3.8, 4) is 0 Å². The molecule has 1 amide bonds. The van der Waals surface area contributed by atoms with E-state index in [1.165, 1.54) is 6.20 Å². The summed E-state index contributed by atoms with van der Waals surface area (Å²) < 4.78 is 5.90. The predicted octanol–water partition coefficient (Wildman–Crippen LogP) is 4.27. The number of benzene rings is 2. The van der Waals surface area contributed by atoms with E-state index in [9.17, 15) is 9.59 Å². The molecule has 3 rings (SSSR count). The summed E-state index contributed by atoms with van der Waals surface area (Å²) in [6.45, 7) is 0.684. The molecular weight excluding hydrogens is 432 g/mol. The van der Waals surface area contributed by atoms with Gasteiger partial charge in [-0.05, 0) is 39.5 Å². The van der Waals surface area contributed by atoms with E-state index in [-0.39, 0.29) is 12.5 Å². The summed E-state index contributed by atoms with van der Waals surface area (Å²) in [7, 11) is 0. The molecule has 0 N–H and O–H groups in total. The molecule has 2 aromatic carbocycles. The van der Waals surface area contributed by atoms with Crippen LogP contribution in [0, 0.1) is 0 Å². The number of aromatic nitrogens is 1. The number of esters is 1. The third-order valence-electron chi connectivity index (χ3n) is 4.35. The second-order valence-electron chi connectivity index (χ2n) is 6.50.